The first-order valence-electron chi connectivity index (χ1n) is 8.58. The summed E-state index contributed by atoms with van der Waals surface area (Å²) in [6, 6.07) is 12.6. The molecule has 0 heterocycles. The molecule has 1 amide bonds. The first kappa shape index (κ1) is 19.8. The van der Waals surface area contributed by atoms with Crippen molar-refractivity contribution >= 4 is 17.7 Å². The molecule has 0 aliphatic heterocycles. The van der Waals surface area contributed by atoms with Crippen molar-refractivity contribution in [2.75, 3.05) is 11.9 Å². The molecule has 0 bridgehead atoms. The van der Waals surface area contributed by atoms with E-state index < -0.39 is 5.91 Å². The van der Waals surface area contributed by atoms with Gasteiger partial charge in [0.2, 0.25) is 0 Å². The number of carbonyl (C=O) groups is 1. The number of anilines is 1. The van der Waals surface area contributed by atoms with Gasteiger partial charge < -0.3 is 15.2 Å². The van der Waals surface area contributed by atoms with Gasteiger partial charge >= 0.3 is 0 Å². The van der Waals surface area contributed by atoms with Crippen molar-refractivity contribution in [2.45, 2.75) is 20.3 Å². The zero-order valence-corrected chi connectivity index (χ0v) is 15.5. The van der Waals surface area contributed by atoms with Crippen LogP contribution in [0.3, 0.4) is 0 Å². The second-order valence-corrected chi connectivity index (χ2v) is 5.89. The number of amides is 1. The van der Waals surface area contributed by atoms with Crippen molar-refractivity contribution < 1.29 is 14.6 Å². The van der Waals surface area contributed by atoms with Crippen LogP contribution in [-0.4, -0.2) is 17.6 Å². The first-order chi connectivity index (χ1) is 13.0. The zero-order chi connectivity index (χ0) is 19.8. The SMILES string of the molecule is C=CCc1cc(/C=C(/C#N)C(=O)Nc2ccccc2C)cc(OCC)c1O. The van der Waals surface area contributed by atoms with Gasteiger partial charge in [-0.3, -0.25) is 4.79 Å². The van der Waals surface area contributed by atoms with E-state index in [2.05, 4.69) is 11.9 Å². The maximum absolute atomic E-state index is 12.5. The maximum Gasteiger partial charge on any atom is 0.266 e. The maximum atomic E-state index is 12.5. The average Bonchev–Trinajstić information content (AvgIpc) is 2.65. The molecule has 138 valence electrons. The molecule has 0 saturated heterocycles. The van der Waals surface area contributed by atoms with Crippen molar-refractivity contribution in [2.24, 2.45) is 0 Å². The highest BCUT2D eigenvalue weighted by Gasteiger charge is 2.14. The molecule has 0 unspecified atom stereocenters. The number of nitriles is 1. The molecule has 2 aromatic carbocycles. The van der Waals surface area contributed by atoms with Crippen LogP contribution < -0.4 is 10.1 Å². The highest BCUT2D eigenvalue weighted by molar-refractivity contribution is 6.10. The Labute approximate surface area is 159 Å². The van der Waals surface area contributed by atoms with E-state index in [4.69, 9.17) is 4.74 Å². The van der Waals surface area contributed by atoms with Crippen LogP contribution in [0.2, 0.25) is 0 Å². The van der Waals surface area contributed by atoms with Gasteiger partial charge in [0.25, 0.3) is 5.91 Å². The summed E-state index contributed by atoms with van der Waals surface area (Å²) in [6.07, 6.45) is 3.57. The minimum absolute atomic E-state index is 0.0387. The predicted octanol–water partition coefficient (Wildman–Crippen LogP) is 4.37. The number of rotatable bonds is 7. The molecule has 2 aromatic rings. The van der Waals surface area contributed by atoms with Crippen LogP contribution in [0.5, 0.6) is 11.5 Å². The molecule has 0 spiro atoms. The lowest BCUT2D eigenvalue weighted by atomic mass is 10.0. The number of phenols is 1. The molecule has 5 nitrogen and oxygen atoms in total. The van der Waals surface area contributed by atoms with Crippen LogP contribution in [0.25, 0.3) is 6.08 Å². The minimum Gasteiger partial charge on any atom is -0.504 e. The van der Waals surface area contributed by atoms with E-state index in [0.717, 1.165) is 5.56 Å². The van der Waals surface area contributed by atoms with Crippen molar-refractivity contribution in [1.29, 1.82) is 5.26 Å². The third kappa shape index (κ3) is 4.99. The molecule has 0 aliphatic carbocycles. The van der Waals surface area contributed by atoms with Gasteiger partial charge in [0.15, 0.2) is 11.5 Å². The van der Waals surface area contributed by atoms with E-state index in [1.165, 1.54) is 6.08 Å². The molecular weight excluding hydrogens is 340 g/mol. The quantitative estimate of drug-likeness (QED) is 0.435. The minimum atomic E-state index is -0.497. The van der Waals surface area contributed by atoms with Crippen molar-refractivity contribution in [3.05, 3.63) is 71.3 Å². The second kappa shape index (κ2) is 9.25. The Morgan fingerprint density at radius 2 is 2.11 bits per heavy atom. The fourth-order valence-corrected chi connectivity index (χ4v) is 2.57. The van der Waals surface area contributed by atoms with Crippen LogP contribution in [0.4, 0.5) is 5.69 Å². The third-order valence-electron chi connectivity index (χ3n) is 3.91. The average molecular weight is 362 g/mol. The Hall–Kier alpha value is -3.52. The molecule has 5 heteroatoms. The summed E-state index contributed by atoms with van der Waals surface area (Å²) in [5, 5.41) is 22.4. The summed E-state index contributed by atoms with van der Waals surface area (Å²) in [7, 11) is 0. The molecule has 27 heavy (non-hydrogen) atoms. The van der Waals surface area contributed by atoms with Crippen molar-refractivity contribution in [1.82, 2.24) is 0 Å². The summed E-state index contributed by atoms with van der Waals surface area (Å²) >= 11 is 0. The van der Waals surface area contributed by atoms with E-state index >= 15 is 0 Å². The van der Waals surface area contributed by atoms with Crippen molar-refractivity contribution in [3.63, 3.8) is 0 Å². The number of ether oxygens (including phenoxy) is 1. The fourth-order valence-electron chi connectivity index (χ4n) is 2.57. The highest BCUT2D eigenvalue weighted by atomic mass is 16.5. The molecule has 0 fully saturated rings. The van der Waals surface area contributed by atoms with Crippen LogP contribution in [0, 0.1) is 18.3 Å². The number of carbonyl (C=O) groups excluding carboxylic acids is 1. The Morgan fingerprint density at radius 1 is 1.37 bits per heavy atom. The number of benzene rings is 2. The summed E-state index contributed by atoms with van der Waals surface area (Å²) in [5.74, 6) is -0.153. The molecule has 0 atom stereocenters. The third-order valence-corrected chi connectivity index (χ3v) is 3.91. The van der Waals surface area contributed by atoms with Gasteiger partial charge in [-0.1, -0.05) is 24.3 Å². The van der Waals surface area contributed by atoms with Crippen LogP contribution >= 0.6 is 0 Å². The topological polar surface area (TPSA) is 82.4 Å². The van der Waals surface area contributed by atoms with Gasteiger partial charge in [-0.05, 0) is 55.7 Å². The largest absolute Gasteiger partial charge is 0.504 e. The summed E-state index contributed by atoms with van der Waals surface area (Å²) in [4.78, 5) is 12.5. The number of phenolic OH excluding ortho intramolecular Hbond substituents is 1. The van der Waals surface area contributed by atoms with E-state index in [-0.39, 0.29) is 11.3 Å². The number of nitrogens with one attached hydrogen (secondary N) is 1. The van der Waals surface area contributed by atoms with Crippen LogP contribution in [0.15, 0.2) is 54.6 Å². The summed E-state index contributed by atoms with van der Waals surface area (Å²) in [6.45, 7) is 7.75. The first-order valence-corrected chi connectivity index (χ1v) is 8.58. The Bertz CT molecular complexity index is 924. The number of hydrogen-bond donors (Lipinski definition) is 2. The van der Waals surface area contributed by atoms with Gasteiger partial charge in [-0.15, -0.1) is 6.58 Å². The van der Waals surface area contributed by atoms with Gasteiger partial charge in [0.1, 0.15) is 11.6 Å². The molecule has 0 aliphatic rings. The molecule has 2 rings (SSSR count). The molecule has 0 radical (unpaired) electrons. The smallest absolute Gasteiger partial charge is 0.266 e. The monoisotopic (exact) mass is 362 g/mol. The number of aryl methyl sites for hydroxylation is 1. The van der Waals surface area contributed by atoms with E-state index in [1.54, 1.807) is 24.3 Å². The molecule has 0 aromatic heterocycles. The lowest BCUT2D eigenvalue weighted by Crippen LogP contribution is -2.14. The van der Waals surface area contributed by atoms with Gasteiger partial charge in [-0.2, -0.15) is 5.26 Å². The highest BCUT2D eigenvalue weighted by Crippen LogP contribution is 2.33. The molecule has 0 saturated carbocycles. The van der Waals surface area contributed by atoms with Crippen LogP contribution in [0.1, 0.15) is 23.6 Å². The molecule has 2 N–H and O–H groups in total. The van der Waals surface area contributed by atoms with Crippen LogP contribution in [-0.2, 0) is 11.2 Å². The van der Waals surface area contributed by atoms with Gasteiger partial charge in [-0.25, -0.2) is 0 Å². The summed E-state index contributed by atoms with van der Waals surface area (Å²) < 4.78 is 5.45. The Kier molecular flexibility index (Phi) is 6.79. The fraction of sp³-hybridized carbons (Fsp3) is 0.182. The number of allylic oxidation sites excluding steroid dienone is 1. The molecular formula is C22H22N2O3. The number of para-hydroxylation sites is 1. The number of hydrogen-bond acceptors (Lipinski definition) is 4. The standard InChI is InChI=1S/C22H22N2O3/c1-4-8-17-11-16(13-20(21(17)25)27-5-2)12-18(14-23)22(26)24-19-10-7-6-9-15(19)3/h4,6-7,9-13,25H,1,5,8H2,2-3H3,(H,24,26)/b18-12-. The Balaban J connectivity index is 2.38. The predicted molar refractivity (Wildman–Crippen MR) is 107 cm³/mol. The van der Waals surface area contributed by atoms with Gasteiger partial charge in [0, 0.05) is 11.3 Å². The van der Waals surface area contributed by atoms with E-state index in [0.29, 0.717) is 35.6 Å². The number of nitrogens with zero attached hydrogens (tertiary/aromatic N) is 1. The van der Waals surface area contributed by atoms with Crippen molar-refractivity contribution in [3.8, 4) is 17.6 Å². The van der Waals surface area contributed by atoms with Gasteiger partial charge in [0.05, 0.1) is 6.61 Å². The lowest BCUT2D eigenvalue weighted by molar-refractivity contribution is -0.112. The zero-order valence-electron chi connectivity index (χ0n) is 15.5. The summed E-state index contributed by atoms with van der Waals surface area (Å²) in [5.41, 5.74) is 2.70. The van der Waals surface area contributed by atoms with E-state index in [9.17, 15) is 15.2 Å². The van der Waals surface area contributed by atoms with E-state index in [1.807, 2.05) is 38.1 Å². The number of aromatic hydroxyl groups is 1. The lowest BCUT2D eigenvalue weighted by Gasteiger charge is -2.11. The second-order valence-electron chi connectivity index (χ2n) is 5.89. The normalized spacial score (nSPS) is 10.8. The Morgan fingerprint density at radius 3 is 2.74 bits per heavy atom.